The van der Waals surface area contributed by atoms with Gasteiger partial charge in [-0.2, -0.15) is 5.26 Å². The zero-order valence-electron chi connectivity index (χ0n) is 10.9. The van der Waals surface area contributed by atoms with Crippen LogP contribution in [0.2, 0.25) is 5.02 Å². The smallest absolute Gasteiger partial charge is 0.263 e. The van der Waals surface area contributed by atoms with E-state index in [1.165, 1.54) is 18.2 Å². The van der Waals surface area contributed by atoms with Crippen LogP contribution in [0.3, 0.4) is 0 Å². The van der Waals surface area contributed by atoms with Crippen molar-refractivity contribution in [2.24, 2.45) is 0 Å². The van der Waals surface area contributed by atoms with Crippen molar-refractivity contribution >= 4 is 43.2 Å². The van der Waals surface area contributed by atoms with Crippen molar-refractivity contribution in [3.05, 3.63) is 57.0 Å². The summed E-state index contributed by atoms with van der Waals surface area (Å²) in [6.45, 7) is 1.90. The van der Waals surface area contributed by atoms with Gasteiger partial charge in [0.1, 0.15) is 4.90 Å². The first kappa shape index (κ1) is 15.8. The van der Waals surface area contributed by atoms with Crippen LogP contribution in [0.1, 0.15) is 11.1 Å². The zero-order chi connectivity index (χ0) is 15.6. The Labute approximate surface area is 136 Å². The highest BCUT2D eigenvalue weighted by molar-refractivity contribution is 9.10. The number of nitriles is 1. The predicted octanol–water partition coefficient (Wildman–Crippen LogP) is 4.08. The van der Waals surface area contributed by atoms with Crippen molar-refractivity contribution in [2.75, 3.05) is 4.72 Å². The minimum absolute atomic E-state index is 0.0599. The van der Waals surface area contributed by atoms with Gasteiger partial charge >= 0.3 is 0 Å². The van der Waals surface area contributed by atoms with E-state index in [0.717, 1.165) is 5.56 Å². The molecule has 0 saturated heterocycles. The lowest BCUT2D eigenvalue weighted by atomic mass is 10.2. The highest BCUT2D eigenvalue weighted by atomic mass is 79.9. The number of nitrogens with zero attached hydrogens (tertiary/aromatic N) is 1. The molecule has 0 amide bonds. The number of hydrogen-bond donors (Lipinski definition) is 1. The summed E-state index contributed by atoms with van der Waals surface area (Å²) in [4.78, 5) is -0.129. The maximum absolute atomic E-state index is 12.4. The molecular formula is C14H10BrClN2O2S. The lowest BCUT2D eigenvalue weighted by Gasteiger charge is -2.11. The van der Waals surface area contributed by atoms with Gasteiger partial charge in [0.05, 0.1) is 22.3 Å². The number of sulfonamides is 1. The van der Waals surface area contributed by atoms with E-state index in [1.54, 1.807) is 18.2 Å². The van der Waals surface area contributed by atoms with Gasteiger partial charge in [0.15, 0.2) is 0 Å². The Morgan fingerprint density at radius 2 is 1.95 bits per heavy atom. The van der Waals surface area contributed by atoms with E-state index >= 15 is 0 Å². The predicted molar refractivity (Wildman–Crippen MR) is 85.9 cm³/mol. The largest absolute Gasteiger partial charge is 0.278 e. The molecule has 0 unspecified atom stereocenters. The molecule has 0 spiro atoms. The molecule has 2 rings (SSSR count). The molecule has 108 valence electrons. The summed E-state index contributed by atoms with van der Waals surface area (Å²) in [7, 11) is -3.88. The van der Waals surface area contributed by atoms with E-state index in [1.807, 2.05) is 13.0 Å². The molecule has 0 aromatic heterocycles. The van der Waals surface area contributed by atoms with Crippen molar-refractivity contribution in [3.8, 4) is 6.07 Å². The van der Waals surface area contributed by atoms with Crippen LogP contribution in [0.4, 0.5) is 5.69 Å². The molecule has 0 radical (unpaired) electrons. The van der Waals surface area contributed by atoms with Crippen LogP contribution >= 0.6 is 27.5 Å². The minimum Gasteiger partial charge on any atom is -0.278 e. The van der Waals surface area contributed by atoms with Crippen molar-refractivity contribution in [1.29, 1.82) is 5.26 Å². The van der Waals surface area contributed by atoms with E-state index in [0.29, 0.717) is 10.2 Å². The quantitative estimate of drug-likeness (QED) is 0.865. The van der Waals surface area contributed by atoms with E-state index in [-0.39, 0.29) is 15.5 Å². The number of halogens is 2. The van der Waals surface area contributed by atoms with Gasteiger partial charge in [-0.15, -0.1) is 0 Å². The van der Waals surface area contributed by atoms with E-state index in [4.69, 9.17) is 16.9 Å². The molecule has 0 heterocycles. The Morgan fingerprint density at radius 1 is 1.24 bits per heavy atom. The summed E-state index contributed by atoms with van der Waals surface area (Å²) in [5.41, 5.74) is 1.62. The molecule has 0 bridgehead atoms. The number of rotatable bonds is 3. The van der Waals surface area contributed by atoms with Gasteiger partial charge in [-0.1, -0.05) is 17.7 Å². The average molecular weight is 386 g/mol. The number of hydrogen-bond acceptors (Lipinski definition) is 3. The first-order chi connectivity index (χ1) is 9.83. The second kappa shape index (κ2) is 6.06. The molecule has 0 aliphatic rings. The number of nitrogens with one attached hydrogen (secondary N) is 1. The summed E-state index contributed by atoms with van der Waals surface area (Å²) in [6.07, 6.45) is 0. The summed E-state index contributed by atoms with van der Waals surface area (Å²) in [5.74, 6) is 0. The zero-order valence-corrected chi connectivity index (χ0v) is 14.1. The van der Waals surface area contributed by atoms with Gasteiger partial charge in [0, 0.05) is 4.47 Å². The normalized spacial score (nSPS) is 11.0. The van der Waals surface area contributed by atoms with Gasteiger partial charge in [-0.25, -0.2) is 8.42 Å². The number of aryl methyl sites for hydroxylation is 1. The van der Waals surface area contributed by atoms with Crippen LogP contribution in [0.5, 0.6) is 0 Å². The lowest BCUT2D eigenvalue weighted by Crippen LogP contribution is -2.14. The van der Waals surface area contributed by atoms with Gasteiger partial charge in [0.2, 0.25) is 0 Å². The molecule has 0 aliphatic heterocycles. The first-order valence-electron chi connectivity index (χ1n) is 5.82. The molecule has 0 aliphatic carbocycles. The second-order valence-electron chi connectivity index (χ2n) is 4.35. The first-order valence-corrected chi connectivity index (χ1v) is 8.47. The highest BCUT2D eigenvalue weighted by Gasteiger charge is 2.19. The third kappa shape index (κ3) is 3.56. The average Bonchev–Trinajstić information content (AvgIpc) is 2.42. The van der Waals surface area contributed by atoms with Crippen LogP contribution in [0.25, 0.3) is 0 Å². The van der Waals surface area contributed by atoms with E-state index in [9.17, 15) is 8.42 Å². The Morgan fingerprint density at radius 3 is 2.57 bits per heavy atom. The Bertz CT molecular complexity index is 845. The van der Waals surface area contributed by atoms with Crippen molar-refractivity contribution in [1.82, 2.24) is 0 Å². The molecule has 0 fully saturated rings. The maximum atomic E-state index is 12.4. The molecule has 21 heavy (non-hydrogen) atoms. The molecule has 0 saturated carbocycles. The van der Waals surface area contributed by atoms with Gasteiger partial charge < -0.3 is 0 Å². The summed E-state index contributed by atoms with van der Waals surface area (Å²) >= 11 is 9.24. The Balaban J connectivity index is 2.46. The van der Waals surface area contributed by atoms with Gasteiger partial charge in [-0.05, 0) is 58.7 Å². The van der Waals surface area contributed by atoms with Crippen LogP contribution in [0, 0.1) is 18.3 Å². The van der Waals surface area contributed by atoms with Crippen LogP contribution in [-0.2, 0) is 10.0 Å². The second-order valence-corrected chi connectivity index (χ2v) is 7.26. The summed E-state index contributed by atoms with van der Waals surface area (Å²) in [5, 5.41) is 8.93. The molecule has 4 nitrogen and oxygen atoms in total. The third-order valence-electron chi connectivity index (χ3n) is 2.72. The molecule has 2 aromatic carbocycles. The van der Waals surface area contributed by atoms with Gasteiger partial charge in [0.25, 0.3) is 10.0 Å². The Hall–Kier alpha value is -1.55. The van der Waals surface area contributed by atoms with Crippen molar-refractivity contribution in [3.63, 3.8) is 0 Å². The topological polar surface area (TPSA) is 70.0 Å². The fraction of sp³-hybridized carbons (Fsp3) is 0.0714. The molecular weight excluding hydrogens is 376 g/mol. The highest BCUT2D eigenvalue weighted by Crippen LogP contribution is 2.29. The SMILES string of the molecule is Cc1ccc(NS(=O)(=O)c2cc(C#N)ccc2Cl)c(Br)c1. The lowest BCUT2D eigenvalue weighted by molar-refractivity contribution is 0.601. The van der Waals surface area contributed by atoms with Crippen LogP contribution < -0.4 is 4.72 Å². The number of anilines is 1. The summed E-state index contributed by atoms with van der Waals surface area (Å²) < 4.78 is 27.9. The molecule has 1 N–H and O–H groups in total. The fourth-order valence-corrected chi connectivity index (χ4v) is 4.01. The van der Waals surface area contributed by atoms with Gasteiger partial charge in [-0.3, -0.25) is 4.72 Å². The molecule has 2 aromatic rings. The fourth-order valence-electron chi connectivity index (χ4n) is 1.68. The molecule has 7 heteroatoms. The Kier molecular flexibility index (Phi) is 4.57. The monoisotopic (exact) mass is 384 g/mol. The van der Waals surface area contributed by atoms with E-state index in [2.05, 4.69) is 20.7 Å². The van der Waals surface area contributed by atoms with Crippen LogP contribution in [-0.4, -0.2) is 8.42 Å². The third-order valence-corrected chi connectivity index (χ3v) is 5.22. The van der Waals surface area contributed by atoms with E-state index < -0.39 is 10.0 Å². The van der Waals surface area contributed by atoms with Crippen molar-refractivity contribution in [2.45, 2.75) is 11.8 Å². The van der Waals surface area contributed by atoms with Crippen molar-refractivity contribution < 1.29 is 8.42 Å². The molecule has 0 atom stereocenters. The summed E-state index contributed by atoms with van der Waals surface area (Å²) in [6, 6.07) is 11.2. The van der Waals surface area contributed by atoms with Crippen LogP contribution in [0.15, 0.2) is 45.8 Å². The maximum Gasteiger partial charge on any atom is 0.263 e. The minimum atomic E-state index is -3.88. The standard InChI is InChI=1S/C14H10BrClN2O2S/c1-9-2-5-13(11(15)6-9)18-21(19,20)14-7-10(8-17)3-4-12(14)16/h2-7,18H,1H3. The number of benzene rings is 2.